The number of fused-ring (bicyclic) bond motifs is 9. The third-order valence-corrected chi connectivity index (χ3v) is 8.91. The summed E-state index contributed by atoms with van der Waals surface area (Å²) in [6.45, 7) is 0. The number of nitrogens with zero attached hydrogens (tertiary/aromatic N) is 5. The van der Waals surface area contributed by atoms with Crippen LogP contribution in [-0.4, -0.2) is 24.1 Å². The molecule has 6 heteroatoms. The molecule has 0 fully saturated rings. The first kappa shape index (κ1) is 16.6. The number of para-hydroxylation sites is 5. The fourth-order valence-electron chi connectivity index (χ4n) is 6.77. The number of hydrogen-bond acceptors (Lipinski definition) is 4. The van der Waals surface area contributed by atoms with Crippen LogP contribution in [0.5, 0.6) is 0 Å². The van der Waals surface area contributed by atoms with Crippen molar-refractivity contribution in [3.63, 3.8) is 0 Å². The van der Waals surface area contributed by atoms with Crippen LogP contribution >= 0.6 is 0 Å². The Bertz CT molecular complexity index is 3750. The molecule has 0 amide bonds. The Kier molecular flexibility index (Phi) is 3.48. The van der Waals surface area contributed by atoms with Crippen LogP contribution in [0.2, 0.25) is 0 Å². The second-order valence-corrected chi connectivity index (χ2v) is 11.7. The van der Waals surface area contributed by atoms with E-state index in [1.54, 1.807) is 18.2 Å². The van der Waals surface area contributed by atoms with Crippen LogP contribution in [0.25, 0.3) is 100.0 Å². The van der Waals surface area contributed by atoms with Gasteiger partial charge in [0.1, 0.15) is 11.2 Å². The van der Waals surface area contributed by atoms with Gasteiger partial charge in [-0.2, -0.15) is 15.0 Å². The Morgan fingerprint density at radius 2 is 0.941 bits per heavy atom. The lowest BCUT2D eigenvalue weighted by Gasteiger charge is -2.13. The first-order valence-electron chi connectivity index (χ1n) is 23.7. The molecule has 0 saturated carbocycles. The summed E-state index contributed by atoms with van der Waals surface area (Å²) in [5.41, 5.74) is 1.72. The topological polar surface area (TPSA) is 61.7 Å². The third-order valence-electron chi connectivity index (χ3n) is 8.91. The maximum atomic E-state index is 9.17. The molecule has 0 N–H and O–H groups in total. The molecule has 0 atom stereocenters. The summed E-state index contributed by atoms with van der Waals surface area (Å²) in [5, 5.41) is 0.606. The smallest absolute Gasteiger partial charge is 0.240 e. The molecule has 6 nitrogen and oxygen atoms in total. The molecule has 0 aliphatic carbocycles. The highest BCUT2D eigenvalue weighted by atomic mass is 16.3. The van der Waals surface area contributed by atoms with Crippen LogP contribution in [0, 0.1) is 0 Å². The van der Waals surface area contributed by atoms with Gasteiger partial charge in [-0.25, -0.2) is 0 Å². The standard InChI is InChI=1S/C45H27N5O/c1-6-21-36-31(15-1)32-16-2-7-22-37(32)49(36)44-46-43(47-45(48-44)50-38-23-8-3-17-33(38)34-18-4-9-24-39(34)50)29-14-11-13-28(27-29)30-20-12-26-41-42(30)35-19-5-10-25-40(35)51-41/h1-27H/i1D,2D,3D,4D,6D,7D,8D,9D,15D,16D,17D,18D,21D,22D,23D,24D. The van der Waals surface area contributed by atoms with Crippen molar-refractivity contribution in [3.05, 3.63) is 163 Å². The van der Waals surface area contributed by atoms with Crippen LogP contribution in [0.1, 0.15) is 21.9 Å². The summed E-state index contributed by atoms with van der Waals surface area (Å²) in [6.07, 6.45) is 0. The van der Waals surface area contributed by atoms with Crippen molar-refractivity contribution in [1.82, 2.24) is 24.1 Å². The maximum absolute atomic E-state index is 9.17. The van der Waals surface area contributed by atoms with Gasteiger partial charge in [0.05, 0.1) is 44.0 Å². The minimum atomic E-state index is -0.700. The average molecular weight is 670 g/mol. The van der Waals surface area contributed by atoms with Gasteiger partial charge < -0.3 is 4.42 Å². The van der Waals surface area contributed by atoms with E-state index in [0.717, 1.165) is 25.5 Å². The molecule has 0 aliphatic heterocycles. The van der Waals surface area contributed by atoms with E-state index in [1.807, 2.05) is 48.5 Å². The third kappa shape index (κ3) is 4.14. The van der Waals surface area contributed by atoms with Gasteiger partial charge >= 0.3 is 0 Å². The summed E-state index contributed by atoms with van der Waals surface area (Å²) >= 11 is 0. The lowest BCUT2D eigenvalue weighted by atomic mass is 9.98. The Balaban J connectivity index is 1.33. The maximum Gasteiger partial charge on any atom is 0.240 e. The van der Waals surface area contributed by atoms with Crippen LogP contribution < -0.4 is 0 Å². The van der Waals surface area contributed by atoms with Crippen molar-refractivity contribution in [1.29, 1.82) is 0 Å². The van der Waals surface area contributed by atoms with Crippen LogP contribution in [0.3, 0.4) is 0 Å². The van der Waals surface area contributed by atoms with Gasteiger partial charge in [0.2, 0.25) is 11.9 Å². The average Bonchev–Trinajstić information content (AvgIpc) is 4.03. The van der Waals surface area contributed by atoms with E-state index in [1.165, 1.54) is 0 Å². The summed E-state index contributed by atoms with van der Waals surface area (Å²) in [6, 6.07) is 9.63. The van der Waals surface area contributed by atoms with Gasteiger partial charge in [0, 0.05) is 37.9 Å². The van der Waals surface area contributed by atoms with Gasteiger partial charge in [-0.15, -0.1) is 0 Å². The molecule has 238 valence electrons. The molecule has 0 aliphatic rings. The zero-order valence-corrected chi connectivity index (χ0v) is 26.0. The molecule has 0 spiro atoms. The number of benzene rings is 7. The predicted octanol–water partition coefficient (Wildman–Crippen LogP) is 11.3. The lowest BCUT2D eigenvalue weighted by molar-refractivity contribution is 0.669. The zero-order chi connectivity index (χ0) is 47.4. The molecule has 0 bridgehead atoms. The Labute approximate surface area is 314 Å². The molecule has 0 saturated heterocycles. The highest BCUT2D eigenvalue weighted by molar-refractivity contribution is 6.13. The van der Waals surface area contributed by atoms with Crippen molar-refractivity contribution < 1.29 is 26.3 Å². The molecule has 0 unspecified atom stereocenters. The normalized spacial score (nSPS) is 16.3. The van der Waals surface area contributed by atoms with E-state index in [2.05, 4.69) is 0 Å². The van der Waals surface area contributed by atoms with E-state index in [9.17, 15) is 0 Å². The van der Waals surface area contributed by atoms with Crippen molar-refractivity contribution >= 4 is 65.6 Å². The first-order chi connectivity index (χ1) is 31.9. The molecule has 4 heterocycles. The van der Waals surface area contributed by atoms with E-state index in [0.29, 0.717) is 22.3 Å². The zero-order valence-electron chi connectivity index (χ0n) is 42.0. The summed E-state index contributed by atoms with van der Waals surface area (Å²) in [7, 11) is 0. The predicted molar refractivity (Wildman–Crippen MR) is 207 cm³/mol. The van der Waals surface area contributed by atoms with Crippen LogP contribution in [-0.2, 0) is 0 Å². The largest absolute Gasteiger partial charge is 0.456 e. The highest BCUT2D eigenvalue weighted by Crippen LogP contribution is 2.38. The summed E-state index contributed by atoms with van der Waals surface area (Å²) in [5.74, 6) is -1.10. The van der Waals surface area contributed by atoms with Crippen molar-refractivity contribution in [3.8, 4) is 34.4 Å². The first-order valence-corrected chi connectivity index (χ1v) is 15.7. The number of furan rings is 1. The van der Waals surface area contributed by atoms with Gasteiger partial charge in [0.15, 0.2) is 5.82 Å². The van der Waals surface area contributed by atoms with Gasteiger partial charge in [-0.1, -0.05) is 121 Å². The van der Waals surface area contributed by atoms with E-state index >= 15 is 0 Å². The second-order valence-electron chi connectivity index (χ2n) is 11.7. The molecule has 11 aromatic rings. The molecule has 51 heavy (non-hydrogen) atoms. The molecule has 0 radical (unpaired) electrons. The Morgan fingerprint density at radius 1 is 0.451 bits per heavy atom. The molecular weight excluding hydrogens is 627 g/mol. The van der Waals surface area contributed by atoms with E-state index < -0.39 is 109 Å². The summed E-state index contributed by atoms with van der Waals surface area (Å²) < 4.78 is 150. The lowest BCUT2D eigenvalue weighted by Crippen LogP contribution is -2.10. The molecule has 11 rings (SSSR count). The van der Waals surface area contributed by atoms with Gasteiger partial charge in [-0.05, 0) is 53.5 Å². The fraction of sp³-hybridized carbons (Fsp3) is 0. The Morgan fingerprint density at radius 3 is 1.53 bits per heavy atom. The second kappa shape index (κ2) is 10.7. The van der Waals surface area contributed by atoms with Gasteiger partial charge in [0.25, 0.3) is 0 Å². The van der Waals surface area contributed by atoms with E-state index in [-0.39, 0.29) is 49.4 Å². The summed E-state index contributed by atoms with van der Waals surface area (Å²) in [4.78, 5) is 14.5. The van der Waals surface area contributed by atoms with Crippen LogP contribution in [0.4, 0.5) is 0 Å². The highest BCUT2D eigenvalue weighted by Gasteiger charge is 2.21. The van der Waals surface area contributed by atoms with Gasteiger partial charge in [-0.3, -0.25) is 9.13 Å². The quantitative estimate of drug-likeness (QED) is 0.187. The fourth-order valence-corrected chi connectivity index (χ4v) is 6.77. The van der Waals surface area contributed by atoms with Crippen molar-refractivity contribution in [2.45, 2.75) is 0 Å². The number of aromatic nitrogens is 5. The SMILES string of the molecule is [2H]c1c([2H])c([2H])c2c(c1[2H])c1c([2H])c([2H])c([2H])c([2H])c1n2-c1nc(-c2cccc(-c3cccc4oc5ccccc5c34)c2)nc(-n2c3c([2H])c([2H])c([2H])c([2H])c3c3c([2H])c([2H])c([2H])c([2H])c32)n1. The monoisotopic (exact) mass is 669 g/mol. The van der Waals surface area contributed by atoms with Crippen LogP contribution in [0.15, 0.2) is 168 Å². The van der Waals surface area contributed by atoms with Crippen molar-refractivity contribution in [2.24, 2.45) is 0 Å². The minimum Gasteiger partial charge on any atom is -0.456 e. The van der Waals surface area contributed by atoms with E-state index in [4.69, 9.17) is 41.3 Å². The minimum absolute atomic E-state index is 0.153. The molecule has 7 aromatic carbocycles. The number of hydrogen-bond donors (Lipinski definition) is 0. The molecular formula is C45H27N5O. The van der Waals surface area contributed by atoms with Crippen molar-refractivity contribution in [2.75, 3.05) is 0 Å². The molecule has 4 aromatic heterocycles. The Hall–Kier alpha value is -7.05. The number of rotatable bonds is 4.